The Morgan fingerprint density at radius 3 is 2.10 bits per heavy atom. The van der Waals surface area contributed by atoms with Crippen LogP contribution in [-0.2, 0) is 49.3 Å². The van der Waals surface area contributed by atoms with Crippen molar-refractivity contribution in [2.24, 2.45) is 34.8 Å². The molecule has 5 fully saturated rings. The maximum atomic E-state index is 14.8. The lowest BCUT2D eigenvalue weighted by molar-refractivity contribution is -0.199. The number of nitrogens with zero attached hydrogens (tertiary/aromatic N) is 1. The number of amides is 5. The second kappa shape index (κ2) is 20.0. The van der Waals surface area contributed by atoms with Crippen LogP contribution in [0.15, 0.2) is 18.2 Å². The van der Waals surface area contributed by atoms with Crippen LogP contribution in [0.3, 0.4) is 0 Å². The molecule has 2 heterocycles. The van der Waals surface area contributed by atoms with Crippen LogP contribution in [0.1, 0.15) is 105 Å². The van der Waals surface area contributed by atoms with Crippen LogP contribution in [0.5, 0.6) is 0 Å². The number of benzene rings is 1. The van der Waals surface area contributed by atoms with Gasteiger partial charge in [-0.2, -0.15) is 0 Å². The predicted molar refractivity (Wildman–Crippen MR) is 224 cm³/mol. The molecular weight excluding hydrogens is 825 g/mol. The molecule has 2 bridgehead atoms. The first-order valence-corrected chi connectivity index (χ1v) is 21.9. The van der Waals surface area contributed by atoms with Gasteiger partial charge in [-0.15, -0.1) is 0 Å². The maximum absolute atomic E-state index is 14.8. The van der Waals surface area contributed by atoms with E-state index in [-0.39, 0.29) is 42.4 Å². The molecule has 17 nitrogen and oxygen atoms in total. The van der Waals surface area contributed by atoms with E-state index in [1.807, 2.05) is 6.92 Å². The Balaban J connectivity index is 1.30. The van der Waals surface area contributed by atoms with Crippen LogP contribution in [0, 0.1) is 40.7 Å². The van der Waals surface area contributed by atoms with Crippen molar-refractivity contribution in [3.8, 4) is 0 Å². The van der Waals surface area contributed by atoms with Crippen molar-refractivity contribution in [3.05, 3.63) is 35.4 Å². The summed E-state index contributed by atoms with van der Waals surface area (Å²) >= 11 is 0. The van der Waals surface area contributed by atoms with E-state index in [1.54, 1.807) is 27.7 Å². The Morgan fingerprint density at radius 2 is 1.51 bits per heavy atom. The smallest absolute Gasteiger partial charge is 0.481 e. The van der Waals surface area contributed by atoms with E-state index in [2.05, 4.69) is 35.1 Å². The molecule has 348 valence electrons. The van der Waals surface area contributed by atoms with E-state index < -0.39 is 133 Å². The Bertz CT molecular complexity index is 1900. The van der Waals surface area contributed by atoms with Gasteiger partial charge < -0.3 is 51.4 Å². The second-order valence-corrected chi connectivity index (χ2v) is 19.0. The number of nitrogens with one attached hydrogen (secondary N) is 4. The van der Waals surface area contributed by atoms with Gasteiger partial charge in [-0.3, -0.25) is 33.6 Å². The van der Waals surface area contributed by atoms with E-state index in [9.17, 15) is 47.4 Å². The minimum Gasteiger partial charge on any atom is -0.481 e. The fraction of sp³-hybridized carbons (Fsp3) is 0.698. The van der Waals surface area contributed by atoms with Gasteiger partial charge in [0.2, 0.25) is 29.5 Å². The maximum Gasteiger partial charge on any atom is 0.481 e. The molecule has 3 aliphatic carbocycles. The molecule has 6 rings (SSSR count). The Hall–Kier alpha value is -4.69. The van der Waals surface area contributed by atoms with Crippen LogP contribution in [0.25, 0.3) is 0 Å². The van der Waals surface area contributed by atoms with Crippen LogP contribution in [0.4, 0.5) is 8.78 Å². The standard InChI is InChI=1S/C43H63BF2N6O11/c1-21(2)35(50-38(58)28(14-16-33(53)54)48-37(57)27(47)20-34(55)56)40(60)51-36(22(3)4)41(61)52-17-9-12-29(52)39(59)49-32(15-13-24-25(45)10-8-11-26(24)46)44-62-31-19-23-18-30(42(23,5)6)43(31,7)63-44/h8,10-11,21-23,27-32,35-36H,9,12-20,47H2,1-7H3,(H,48,57)(H,49,59)(H,50,58)(H,51,60)(H,53,54)(H,55,56)/t23-,27-,28-,29-,30-,31-,32-,35-,36-,43+/m0/s1. The third-order valence-corrected chi connectivity index (χ3v) is 13.7. The number of carbonyl (C=O) groups excluding carboxylic acids is 5. The number of carboxylic acids is 2. The van der Waals surface area contributed by atoms with Crippen molar-refractivity contribution in [3.63, 3.8) is 0 Å². The predicted octanol–water partition coefficient (Wildman–Crippen LogP) is 2.07. The summed E-state index contributed by atoms with van der Waals surface area (Å²) in [5, 5.41) is 28.9. The lowest BCUT2D eigenvalue weighted by Gasteiger charge is -2.64. The van der Waals surface area contributed by atoms with Crippen molar-refractivity contribution < 1.29 is 61.9 Å². The highest BCUT2D eigenvalue weighted by atomic mass is 19.1. The van der Waals surface area contributed by atoms with E-state index in [0.29, 0.717) is 18.8 Å². The van der Waals surface area contributed by atoms with E-state index in [1.165, 1.54) is 23.1 Å². The first-order chi connectivity index (χ1) is 29.5. The molecular formula is C43H63BF2N6O11. The Morgan fingerprint density at radius 1 is 0.873 bits per heavy atom. The summed E-state index contributed by atoms with van der Waals surface area (Å²) < 4.78 is 42.9. The van der Waals surface area contributed by atoms with E-state index >= 15 is 0 Å². The summed E-state index contributed by atoms with van der Waals surface area (Å²) in [7, 11) is -0.927. The number of carboxylic acid groups (broad SMARTS) is 2. The van der Waals surface area contributed by atoms with Crippen LogP contribution < -0.4 is 27.0 Å². The number of nitrogens with two attached hydrogens (primary N) is 1. The van der Waals surface area contributed by atoms with Gasteiger partial charge in [0.1, 0.15) is 35.8 Å². The van der Waals surface area contributed by atoms with E-state index in [0.717, 1.165) is 12.8 Å². The summed E-state index contributed by atoms with van der Waals surface area (Å²) in [5.41, 5.74) is 4.92. The number of carbonyl (C=O) groups is 7. The summed E-state index contributed by atoms with van der Waals surface area (Å²) in [6.45, 7) is 13.3. The number of rotatable bonds is 20. The van der Waals surface area contributed by atoms with Gasteiger partial charge in [-0.1, -0.05) is 47.6 Å². The highest BCUT2D eigenvalue weighted by Crippen LogP contribution is 2.65. The van der Waals surface area contributed by atoms with Gasteiger partial charge >= 0.3 is 19.1 Å². The molecule has 0 unspecified atom stereocenters. The molecule has 63 heavy (non-hydrogen) atoms. The van der Waals surface area contributed by atoms with Gasteiger partial charge in [-0.05, 0) is 93.1 Å². The topological polar surface area (TPSA) is 256 Å². The van der Waals surface area contributed by atoms with Crippen LogP contribution in [-0.4, -0.2) is 118 Å². The Kier molecular flexibility index (Phi) is 15.7. The van der Waals surface area contributed by atoms with Gasteiger partial charge in [0.05, 0.1) is 30.1 Å². The van der Waals surface area contributed by atoms with Crippen molar-refractivity contribution in [1.29, 1.82) is 0 Å². The fourth-order valence-electron chi connectivity index (χ4n) is 9.82. The molecule has 5 amide bonds. The first-order valence-electron chi connectivity index (χ1n) is 21.9. The van der Waals surface area contributed by atoms with Gasteiger partial charge in [-0.25, -0.2) is 8.78 Å². The molecule has 2 saturated heterocycles. The van der Waals surface area contributed by atoms with Crippen molar-refractivity contribution in [2.75, 3.05) is 6.54 Å². The number of hydrogen-bond acceptors (Lipinski definition) is 10. The molecule has 3 saturated carbocycles. The number of aliphatic carboxylic acids is 2. The molecule has 8 N–H and O–H groups in total. The average molecular weight is 889 g/mol. The van der Waals surface area contributed by atoms with Crippen molar-refractivity contribution in [2.45, 2.75) is 154 Å². The number of likely N-dealkylation sites (tertiary alicyclic amines) is 1. The molecule has 1 aromatic rings. The van der Waals surface area contributed by atoms with Gasteiger partial charge in [0.25, 0.3) is 0 Å². The molecule has 0 aromatic heterocycles. The second-order valence-electron chi connectivity index (χ2n) is 19.0. The average Bonchev–Trinajstić information content (AvgIpc) is 3.83. The zero-order valence-electron chi connectivity index (χ0n) is 37.1. The first kappa shape index (κ1) is 49.3. The summed E-state index contributed by atoms with van der Waals surface area (Å²) in [5.74, 6) is -9.11. The molecule has 5 aliphatic rings. The highest BCUT2D eigenvalue weighted by Gasteiger charge is 2.68. The minimum absolute atomic E-state index is 0.0353. The number of halogens is 2. The highest BCUT2D eigenvalue weighted by molar-refractivity contribution is 6.48. The fourth-order valence-corrected chi connectivity index (χ4v) is 9.82. The summed E-state index contributed by atoms with van der Waals surface area (Å²) in [6, 6.07) is -2.83. The Labute approximate surface area is 366 Å². The normalized spacial score (nSPS) is 25.8. The monoisotopic (exact) mass is 888 g/mol. The SMILES string of the molecule is CC(C)[C@H](NC(=O)[C@H](CCC(=O)O)NC(=O)[C@@H](N)CC(=O)O)C(=O)N[C@H](C(=O)N1CCC[C@H]1C(=O)N[C@@H](CCc1c(F)cccc1F)B1O[C@H]2C[C@@H]3C[C@@H](C3(C)C)[C@@]2(C)O1)C(C)C. The minimum atomic E-state index is -1.54. The lowest BCUT2D eigenvalue weighted by Crippen LogP contribution is -2.65. The third kappa shape index (κ3) is 11.0. The lowest BCUT2D eigenvalue weighted by atomic mass is 9.43. The largest absolute Gasteiger partial charge is 0.481 e. The molecule has 0 spiro atoms. The molecule has 0 radical (unpaired) electrons. The quantitative estimate of drug-likeness (QED) is 0.0930. The van der Waals surface area contributed by atoms with Gasteiger partial charge in [0.15, 0.2) is 0 Å². The molecule has 10 atom stereocenters. The van der Waals surface area contributed by atoms with Crippen LogP contribution in [0.2, 0.25) is 0 Å². The summed E-state index contributed by atoms with van der Waals surface area (Å²) in [6.07, 6.45) is 0.581. The third-order valence-electron chi connectivity index (χ3n) is 13.7. The van der Waals surface area contributed by atoms with Crippen LogP contribution >= 0.6 is 0 Å². The van der Waals surface area contributed by atoms with Crippen molar-refractivity contribution >= 4 is 48.6 Å². The van der Waals surface area contributed by atoms with E-state index in [4.69, 9.17) is 20.1 Å². The zero-order chi connectivity index (χ0) is 46.7. The number of hydrogen-bond donors (Lipinski definition) is 7. The molecule has 2 aliphatic heterocycles. The van der Waals surface area contributed by atoms with Crippen molar-refractivity contribution in [1.82, 2.24) is 26.2 Å². The van der Waals surface area contributed by atoms with Gasteiger partial charge in [0, 0.05) is 18.5 Å². The molecule has 20 heteroatoms. The zero-order valence-corrected chi connectivity index (χ0v) is 37.1. The summed E-state index contributed by atoms with van der Waals surface area (Å²) in [4.78, 5) is 92.5. The molecule has 1 aromatic carbocycles.